The number of pyridine rings is 2. The maximum Gasteiger partial charge on any atom is 0.0346 e. The van der Waals surface area contributed by atoms with Crippen molar-refractivity contribution in [2.24, 2.45) is 0 Å². The molecule has 0 aliphatic carbocycles. The number of benzene rings is 6. The van der Waals surface area contributed by atoms with Crippen molar-refractivity contribution in [3.63, 3.8) is 0 Å². The molecule has 0 saturated carbocycles. The predicted molar refractivity (Wildman–Crippen MR) is 160 cm³/mol. The molecule has 0 fully saturated rings. The maximum atomic E-state index is 4.33. The molecule has 2 nitrogen and oxygen atoms in total. The molecule has 0 unspecified atom stereocenters. The number of aromatic nitrogens is 2. The van der Waals surface area contributed by atoms with Crippen LogP contribution in [0.15, 0.2) is 134 Å². The Kier molecular flexibility index (Phi) is 4.55. The lowest BCUT2D eigenvalue weighted by atomic mass is 9.86. The highest BCUT2D eigenvalue weighted by atomic mass is 14.6. The summed E-state index contributed by atoms with van der Waals surface area (Å²) in [5, 5.41) is 10.2. The molecule has 176 valence electrons. The molecule has 0 radical (unpaired) electrons. The van der Waals surface area contributed by atoms with E-state index in [4.69, 9.17) is 0 Å². The molecule has 6 aromatic carbocycles. The van der Waals surface area contributed by atoms with Crippen LogP contribution in [0, 0.1) is 0 Å². The van der Waals surface area contributed by atoms with Gasteiger partial charge < -0.3 is 0 Å². The highest BCUT2D eigenvalue weighted by molar-refractivity contribution is 6.28. The first-order valence-electron chi connectivity index (χ1n) is 12.9. The first kappa shape index (κ1) is 21.0. The van der Waals surface area contributed by atoms with Crippen LogP contribution in [0.2, 0.25) is 0 Å². The van der Waals surface area contributed by atoms with Crippen molar-refractivity contribution in [1.29, 1.82) is 0 Å². The van der Waals surface area contributed by atoms with Crippen LogP contribution in [-0.2, 0) is 0 Å². The van der Waals surface area contributed by atoms with E-state index in [2.05, 4.69) is 113 Å². The molecular weight excluding hydrogens is 460 g/mol. The van der Waals surface area contributed by atoms with Gasteiger partial charge in [-0.15, -0.1) is 0 Å². The molecule has 2 aromatic heterocycles. The summed E-state index contributed by atoms with van der Waals surface area (Å²) in [6.45, 7) is 0. The smallest absolute Gasteiger partial charge is 0.0346 e. The summed E-state index contributed by atoms with van der Waals surface area (Å²) in [5.41, 5.74) is 7.29. The molecule has 0 amide bonds. The van der Waals surface area contributed by atoms with Crippen molar-refractivity contribution in [1.82, 2.24) is 9.97 Å². The fraction of sp³-hybridized carbons (Fsp3) is 0. The topological polar surface area (TPSA) is 25.8 Å². The van der Waals surface area contributed by atoms with Gasteiger partial charge in [-0.05, 0) is 83.2 Å². The number of fused-ring (bicyclic) bond motifs is 1. The van der Waals surface area contributed by atoms with Crippen LogP contribution in [0.25, 0.3) is 76.5 Å². The molecule has 0 aliphatic rings. The van der Waals surface area contributed by atoms with Crippen molar-refractivity contribution in [3.05, 3.63) is 134 Å². The molecule has 0 atom stereocenters. The summed E-state index contributed by atoms with van der Waals surface area (Å²) >= 11 is 0. The Bertz CT molecular complexity index is 2100. The van der Waals surface area contributed by atoms with Gasteiger partial charge in [0.15, 0.2) is 0 Å². The van der Waals surface area contributed by atoms with E-state index in [-0.39, 0.29) is 0 Å². The molecule has 8 aromatic rings. The van der Waals surface area contributed by atoms with Gasteiger partial charge in [-0.1, -0.05) is 97.1 Å². The summed E-state index contributed by atoms with van der Waals surface area (Å²) in [6.07, 6.45) is 7.55. The van der Waals surface area contributed by atoms with Crippen LogP contribution in [-0.4, -0.2) is 9.97 Å². The minimum Gasteiger partial charge on any atom is -0.264 e. The Morgan fingerprint density at radius 2 is 1.00 bits per heavy atom. The lowest BCUT2D eigenvalue weighted by Crippen LogP contribution is -1.90. The second kappa shape index (κ2) is 8.22. The quantitative estimate of drug-likeness (QED) is 0.234. The summed E-state index contributed by atoms with van der Waals surface area (Å²) in [6, 6.07) is 39.7. The highest BCUT2D eigenvalue weighted by Gasteiger charge is 2.16. The third kappa shape index (κ3) is 3.14. The number of rotatable bonds is 3. The van der Waals surface area contributed by atoms with E-state index in [1.807, 2.05) is 30.9 Å². The van der Waals surface area contributed by atoms with Gasteiger partial charge in [0.25, 0.3) is 0 Å². The van der Waals surface area contributed by atoms with Gasteiger partial charge in [-0.3, -0.25) is 9.97 Å². The zero-order chi connectivity index (χ0) is 25.1. The Labute approximate surface area is 220 Å². The van der Waals surface area contributed by atoms with Crippen molar-refractivity contribution in [3.8, 4) is 33.4 Å². The summed E-state index contributed by atoms with van der Waals surface area (Å²) in [5.74, 6) is 0. The van der Waals surface area contributed by atoms with E-state index < -0.39 is 0 Å². The maximum absolute atomic E-state index is 4.33. The predicted octanol–water partition coefficient (Wildman–Crippen LogP) is 9.53. The molecule has 2 heteroatoms. The zero-order valence-corrected chi connectivity index (χ0v) is 20.6. The van der Waals surface area contributed by atoms with Gasteiger partial charge in [0.05, 0.1) is 0 Å². The van der Waals surface area contributed by atoms with E-state index in [0.717, 1.165) is 10.9 Å². The molecule has 0 spiro atoms. The summed E-state index contributed by atoms with van der Waals surface area (Å²) in [4.78, 5) is 8.61. The third-order valence-corrected chi connectivity index (χ3v) is 7.83. The second-order valence-electron chi connectivity index (χ2n) is 9.87. The van der Waals surface area contributed by atoms with Gasteiger partial charge in [-0.25, -0.2) is 0 Å². The summed E-state index contributed by atoms with van der Waals surface area (Å²) < 4.78 is 0. The monoisotopic (exact) mass is 482 g/mol. The highest BCUT2D eigenvalue weighted by Crippen LogP contribution is 2.43. The molecule has 0 bridgehead atoms. The zero-order valence-electron chi connectivity index (χ0n) is 20.6. The first-order valence-corrected chi connectivity index (χ1v) is 12.9. The Morgan fingerprint density at radius 1 is 0.342 bits per heavy atom. The molecular formula is C36H22N2. The van der Waals surface area contributed by atoms with Crippen molar-refractivity contribution < 1.29 is 0 Å². The van der Waals surface area contributed by atoms with E-state index in [1.165, 1.54) is 65.5 Å². The normalized spacial score (nSPS) is 11.7. The average molecular weight is 483 g/mol. The summed E-state index contributed by atoms with van der Waals surface area (Å²) in [7, 11) is 0. The van der Waals surface area contributed by atoms with Gasteiger partial charge in [-0.2, -0.15) is 0 Å². The minimum absolute atomic E-state index is 1.13. The Balaban J connectivity index is 1.36. The molecule has 0 saturated heterocycles. The standard InChI is InChI=1S/C36H22N2/c1-3-28-22-38-20-18-30(28)31(5-1)32-15-13-26-11-10-25-12-14-29(33-16-17-34(32)36(26)35(25)33)24-8-6-23(7-9-24)27-4-2-19-37-21-27/h1-22H. The first-order chi connectivity index (χ1) is 18.8. The lowest BCUT2D eigenvalue weighted by Gasteiger charge is -2.17. The van der Waals surface area contributed by atoms with Crippen molar-refractivity contribution in [2.45, 2.75) is 0 Å². The van der Waals surface area contributed by atoms with Gasteiger partial charge >= 0.3 is 0 Å². The molecule has 0 aliphatic heterocycles. The second-order valence-corrected chi connectivity index (χ2v) is 9.87. The number of nitrogens with zero attached hydrogens (tertiary/aromatic N) is 2. The van der Waals surface area contributed by atoms with E-state index in [1.54, 1.807) is 0 Å². The van der Waals surface area contributed by atoms with Crippen LogP contribution in [0.4, 0.5) is 0 Å². The Morgan fingerprint density at radius 3 is 1.76 bits per heavy atom. The Hall–Kier alpha value is -5.08. The van der Waals surface area contributed by atoms with Crippen LogP contribution < -0.4 is 0 Å². The number of hydrogen-bond donors (Lipinski definition) is 0. The third-order valence-electron chi connectivity index (χ3n) is 7.83. The lowest BCUT2D eigenvalue weighted by molar-refractivity contribution is 1.33. The largest absolute Gasteiger partial charge is 0.264 e. The van der Waals surface area contributed by atoms with Crippen LogP contribution in [0.3, 0.4) is 0 Å². The molecule has 2 heterocycles. The van der Waals surface area contributed by atoms with Crippen LogP contribution >= 0.6 is 0 Å². The van der Waals surface area contributed by atoms with Crippen LogP contribution in [0.5, 0.6) is 0 Å². The van der Waals surface area contributed by atoms with Gasteiger partial charge in [0.1, 0.15) is 0 Å². The fourth-order valence-corrected chi connectivity index (χ4v) is 6.02. The van der Waals surface area contributed by atoms with E-state index in [9.17, 15) is 0 Å². The molecule has 38 heavy (non-hydrogen) atoms. The molecule has 0 N–H and O–H groups in total. The molecule has 8 rings (SSSR count). The van der Waals surface area contributed by atoms with Crippen molar-refractivity contribution >= 4 is 43.1 Å². The number of hydrogen-bond acceptors (Lipinski definition) is 2. The fourth-order valence-electron chi connectivity index (χ4n) is 6.02. The SMILES string of the molecule is c1cncc(-c2ccc(-c3ccc4ccc5ccc(-c6cccc7cnccc67)c6ccc3c4c56)cc2)c1. The van der Waals surface area contributed by atoms with Gasteiger partial charge in [0, 0.05) is 30.2 Å². The average Bonchev–Trinajstić information content (AvgIpc) is 3.00. The van der Waals surface area contributed by atoms with Crippen LogP contribution in [0.1, 0.15) is 0 Å². The van der Waals surface area contributed by atoms with E-state index >= 15 is 0 Å². The van der Waals surface area contributed by atoms with Crippen molar-refractivity contribution in [2.75, 3.05) is 0 Å². The minimum atomic E-state index is 1.13. The van der Waals surface area contributed by atoms with E-state index in [0.29, 0.717) is 0 Å². The van der Waals surface area contributed by atoms with Gasteiger partial charge in [0.2, 0.25) is 0 Å².